The number of carbonyl (C=O) groups is 2. The lowest BCUT2D eigenvalue weighted by Gasteiger charge is -2.18. The first kappa shape index (κ1) is 22.0. The van der Waals surface area contributed by atoms with E-state index in [2.05, 4.69) is 15.6 Å². The van der Waals surface area contributed by atoms with Crippen LogP contribution in [-0.2, 0) is 17.6 Å². The van der Waals surface area contributed by atoms with Gasteiger partial charge < -0.3 is 27.2 Å². The Hall–Kier alpha value is -4.17. The lowest BCUT2D eigenvalue weighted by molar-refractivity contribution is -0.121. The van der Waals surface area contributed by atoms with Gasteiger partial charge in [0.25, 0.3) is 5.91 Å². The molecular weight excluding hydrogens is 418 g/mol. The number of hydrogen-bond donors (Lipinski definition) is 5. The number of rotatable bonds is 6. The summed E-state index contributed by atoms with van der Waals surface area (Å²) in [6.45, 7) is 0. The first-order valence-corrected chi connectivity index (χ1v) is 10.5. The number of guanidine groups is 1. The molecule has 0 spiro atoms. The van der Waals surface area contributed by atoms with Gasteiger partial charge in [0.15, 0.2) is 5.96 Å². The van der Waals surface area contributed by atoms with E-state index < -0.39 is 12.1 Å². The van der Waals surface area contributed by atoms with Gasteiger partial charge in [-0.3, -0.25) is 9.59 Å². The number of anilines is 1. The van der Waals surface area contributed by atoms with Gasteiger partial charge in [-0.1, -0.05) is 36.4 Å². The zero-order valence-electron chi connectivity index (χ0n) is 17.9. The topological polar surface area (TPSA) is 143 Å². The van der Waals surface area contributed by atoms with Crippen LogP contribution in [0, 0.1) is 0 Å². The molecule has 0 radical (unpaired) electrons. The average molecular weight is 444 g/mol. The lowest BCUT2D eigenvalue weighted by Crippen LogP contribution is -2.34. The zero-order chi connectivity index (χ0) is 23.4. The van der Waals surface area contributed by atoms with Gasteiger partial charge in [0, 0.05) is 17.7 Å². The first-order valence-electron chi connectivity index (χ1n) is 10.5. The van der Waals surface area contributed by atoms with E-state index >= 15 is 0 Å². The molecule has 0 saturated heterocycles. The number of nitrogens with two attached hydrogens (primary N) is 2. The summed E-state index contributed by atoms with van der Waals surface area (Å²) in [4.78, 5) is 28.9. The Morgan fingerprint density at radius 1 is 0.970 bits per heavy atom. The number of amides is 2. The molecule has 1 aliphatic rings. The molecule has 168 valence electrons. The third-order valence-corrected chi connectivity index (χ3v) is 5.48. The monoisotopic (exact) mass is 443 g/mol. The molecule has 0 fully saturated rings. The van der Waals surface area contributed by atoms with Gasteiger partial charge in [-0.25, -0.2) is 4.99 Å². The second-order valence-electron chi connectivity index (χ2n) is 7.93. The number of aliphatic imine (C=N–C) groups is 1. The van der Waals surface area contributed by atoms with Crippen molar-refractivity contribution in [2.24, 2.45) is 16.5 Å². The third-order valence-electron chi connectivity index (χ3n) is 5.48. The minimum atomic E-state index is -0.627. The molecule has 1 aliphatic carbocycles. The van der Waals surface area contributed by atoms with Crippen LogP contribution in [0.2, 0.25) is 0 Å². The number of aliphatic hydroxyl groups excluding tert-OH is 1. The minimum Gasteiger partial charge on any atom is -0.390 e. The van der Waals surface area contributed by atoms with Crippen LogP contribution in [0.5, 0.6) is 0 Å². The van der Waals surface area contributed by atoms with Crippen molar-refractivity contribution < 1.29 is 14.7 Å². The van der Waals surface area contributed by atoms with Crippen molar-refractivity contribution in [1.82, 2.24) is 5.32 Å². The molecule has 4 rings (SSSR count). The maximum Gasteiger partial charge on any atom is 0.255 e. The van der Waals surface area contributed by atoms with Gasteiger partial charge in [0.05, 0.1) is 24.3 Å². The molecule has 0 aromatic heterocycles. The summed E-state index contributed by atoms with van der Waals surface area (Å²) in [5.74, 6) is -0.496. The number of carbonyl (C=O) groups excluding carboxylic acids is 2. The summed E-state index contributed by atoms with van der Waals surface area (Å²) in [7, 11) is 0. The Morgan fingerprint density at radius 3 is 2.36 bits per heavy atom. The van der Waals surface area contributed by atoms with Gasteiger partial charge >= 0.3 is 0 Å². The van der Waals surface area contributed by atoms with Crippen molar-refractivity contribution in [2.45, 2.75) is 25.0 Å². The molecule has 2 amide bonds. The maximum atomic E-state index is 12.5. The predicted octanol–water partition coefficient (Wildman–Crippen LogP) is 2.16. The summed E-state index contributed by atoms with van der Waals surface area (Å²) in [6, 6.07) is 21.0. The highest BCUT2D eigenvalue weighted by atomic mass is 16.3. The van der Waals surface area contributed by atoms with Crippen LogP contribution in [0.15, 0.2) is 77.8 Å². The molecule has 8 heteroatoms. The van der Waals surface area contributed by atoms with Crippen molar-refractivity contribution in [2.75, 3.05) is 5.32 Å². The molecule has 7 N–H and O–H groups in total. The van der Waals surface area contributed by atoms with Gasteiger partial charge in [0.1, 0.15) is 0 Å². The van der Waals surface area contributed by atoms with E-state index in [-0.39, 0.29) is 24.2 Å². The van der Waals surface area contributed by atoms with E-state index in [0.717, 1.165) is 16.7 Å². The molecule has 0 unspecified atom stereocenters. The smallest absolute Gasteiger partial charge is 0.255 e. The van der Waals surface area contributed by atoms with E-state index in [4.69, 9.17) is 11.5 Å². The zero-order valence-corrected chi connectivity index (χ0v) is 17.9. The van der Waals surface area contributed by atoms with Crippen LogP contribution in [0.25, 0.3) is 0 Å². The highest BCUT2D eigenvalue weighted by molar-refractivity contribution is 6.04. The highest BCUT2D eigenvalue weighted by Gasteiger charge is 2.31. The molecule has 0 heterocycles. The van der Waals surface area contributed by atoms with Gasteiger partial charge in [-0.15, -0.1) is 0 Å². The Morgan fingerprint density at radius 2 is 1.67 bits per heavy atom. The van der Waals surface area contributed by atoms with E-state index in [9.17, 15) is 14.7 Å². The summed E-state index contributed by atoms with van der Waals surface area (Å²) in [6.07, 6.45) is 0.0794. The van der Waals surface area contributed by atoms with Crippen molar-refractivity contribution in [3.8, 4) is 0 Å². The standard InChI is InChI=1S/C25H25N5O3/c26-25(27)29-19-11-7-16(8-12-19)24(33)28-18-9-5-15(6-10-18)13-22(32)30-23-20-4-2-1-3-17(20)14-21(23)31/h1-12,21,23,31H,13-14H2,(H,28,33)(H,30,32)(H4,26,27,29)/t21-,23+/m1/s1. The normalized spacial score (nSPS) is 16.5. The largest absolute Gasteiger partial charge is 0.390 e. The second-order valence-corrected chi connectivity index (χ2v) is 7.93. The van der Waals surface area contributed by atoms with Crippen LogP contribution in [0.4, 0.5) is 11.4 Å². The van der Waals surface area contributed by atoms with Crippen molar-refractivity contribution in [1.29, 1.82) is 0 Å². The Balaban J connectivity index is 1.33. The highest BCUT2D eigenvalue weighted by Crippen LogP contribution is 2.31. The van der Waals surface area contributed by atoms with Gasteiger partial charge in [0.2, 0.25) is 5.91 Å². The third kappa shape index (κ3) is 5.36. The number of nitrogens with one attached hydrogen (secondary N) is 2. The van der Waals surface area contributed by atoms with Crippen LogP contribution >= 0.6 is 0 Å². The number of aliphatic hydroxyl groups is 1. The Kier molecular flexibility index (Phi) is 6.37. The first-order chi connectivity index (χ1) is 15.9. The maximum absolute atomic E-state index is 12.5. The number of benzene rings is 3. The van der Waals surface area contributed by atoms with Crippen LogP contribution in [0.1, 0.15) is 33.1 Å². The second kappa shape index (κ2) is 9.54. The molecule has 0 aliphatic heterocycles. The number of fused-ring (bicyclic) bond motifs is 1. The fraction of sp³-hybridized carbons (Fsp3) is 0.160. The summed E-state index contributed by atoms with van der Waals surface area (Å²) >= 11 is 0. The summed E-state index contributed by atoms with van der Waals surface area (Å²) in [5, 5.41) is 16.1. The quantitative estimate of drug-likeness (QED) is 0.293. The lowest BCUT2D eigenvalue weighted by atomic mass is 10.1. The number of hydrogen-bond acceptors (Lipinski definition) is 4. The fourth-order valence-corrected chi connectivity index (χ4v) is 3.90. The molecule has 8 nitrogen and oxygen atoms in total. The van der Waals surface area contributed by atoms with Crippen LogP contribution < -0.4 is 22.1 Å². The molecule has 3 aromatic carbocycles. The van der Waals surface area contributed by atoms with E-state index in [1.54, 1.807) is 48.5 Å². The summed E-state index contributed by atoms with van der Waals surface area (Å²) in [5.41, 5.74) is 15.1. The molecular formula is C25H25N5O3. The predicted molar refractivity (Wildman–Crippen MR) is 127 cm³/mol. The minimum absolute atomic E-state index is 0.0507. The summed E-state index contributed by atoms with van der Waals surface area (Å²) < 4.78 is 0. The van der Waals surface area contributed by atoms with E-state index in [0.29, 0.717) is 23.4 Å². The molecule has 33 heavy (non-hydrogen) atoms. The van der Waals surface area contributed by atoms with Crippen LogP contribution in [0.3, 0.4) is 0 Å². The van der Waals surface area contributed by atoms with Crippen molar-refractivity contribution >= 4 is 29.1 Å². The van der Waals surface area contributed by atoms with Crippen LogP contribution in [-0.4, -0.2) is 29.0 Å². The molecule has 2 atom stereocenters. The molecule has 0 bridgehead atoms. The molecule has 0 saturated carbocycles. The average Bonchev–Trinajstić information content (AvgIpc) is 3.10. The van der Waals surface area contributed by atoms with Crippen molar-refractivity contribution in [3.05, 3.63) is 95.1 Å². The Labute approximate surface area is 191 Å². The van der Waals surface area contributed by atoms with Gasteiger partial charge in [-0.05, 0) is 53.1 Å². The fourth-order valence-electron chi connectivity index (χ4n) is 3.90. The van der Waals surface area contributed by atoms with Crippen molar-refractivity contribution in [3.63, 3.8) is 0 Å². The molecule has 3 aromatic rings. The van der Waals surface area contributed by atoms with E-state index in [1.807, 2.05) is 24.3 Å². The van der Waals surface area contributed by atoms with E-state index in [1.165, 1.54) is 0 Å². The SMILES string of the molecule is NC(N)=Nc1ccc(C(=O)Nc2ccc(CC(=O)N[C@H]3c4ccccc4C[C@H]3O)cc2)cc1. The Bertz CT molecular complexity index is 1190. The van der Waals surface area contributed by atoms with Gasteiger partial charge in [-0.2, -0.15) is 0 Å². The number of nitrogens with zero attached hydrogens (tertiary/aromatic N) is 1.